The zero-order chi connectivity index (χ0) is 11.4. The lowest BCUT2D eigenvalue weighted by atomic mass is 10.5. The van der Waals surface area contributed by atoms with Gasteiger partial charge in [-0.05, 0) is 16.8 Å². The molecule has 0 saturated carbocycles. The summed E-state index contributed by atoms with van der Waals surface area (Å²) in [4.78, 5) is 14.0. The molecule has 0 aliphatic heterocycles. The predicted molar refractivity (Wildman–Crippen MR) is 56.5 cm³/mol. The molecule has 1 N–H and O–H groups in total. The molecule has 0 aliphatic rings. The molecule has 1 aromatic heterocycles. The second-order valence-electron chi connectivity index (χ2n) is 2.93. The van der Waals surface area contributed by atoms with Crippen LogP contribution in [0.5, 0.6) is 0 Å². The van der Waals surface area contributed by atoms with E-state index < -0.39 is 4.92 Å². The van der Waals surface area contributed by atoms with Gasteiger partial charge in [-0.2, -0.15) is 0 Å². The summed E-state index contributed by atoms with van der Waals surface area (Å²) in [6.07, 6.45) is 0. The van der Waals surface area contributed by atoms with Crippen molar-refractivity contribution in [1.82, 2.24) is 9.55 Å². The van der Waals surface area contributed by atoms with Crippen LogP contribution in [0.3, 0.4) is 0 Å². The molecular weight excluding hydrogens is 196 g/mol. The normalized spacial score (nSPS) is 9.27. The van der Waals surface area contributed by atoms with Crippen LogP contribution in [0.4, 0.5) is 11.6 Å². The summed E-state index contributed by atoms with van der Waals surface area (Å²) in [5, 5.41) is 13.5. The van der Waals surface area contributed by atoms with E-state index in [1.54, 1.807) is 25.5 Å². The number of aromatic nitrogens is 2. The highest BCUT2D eigenvalue weighted by atomic mass is 16.6. The predicted octanol–water partition coefficient (Wildman–Crippen LogP) is 1.07. The maximum atomic E-state index is 10.7. The zero-order valence-corrected chi connectivity index (χ0v) is 8.87. The number of imidazole rings is 1. The third kappa shape index (κ3) is 2.26. The van der Waals surface area contributed by atoms with Gasteiger partial charge in [0.25, 0.3) is 0 Å². The molecule has 0 atom stereocenters. The maximum Gasteiger partial charge on any atom is 0.406 e. The second kappa shape index (κ2) is 4.46. The number of rotatable bonds is 3. The van der Waals surface area contributed by atoms with Gasteiger partial charge < -0.3 is 15.4 Å². The highest BCUT2D eigenvalue weighted by Gasteiger charge is 2.22. The molecule has 1 heterocycles. The van der Waals surface area contributed by atoms with E-state index in [2.05, 4.69) is 22.1 Å². The summed E-state index contributed by atoms with van der Waals surface area (Å²) in [5.74, 6) is 6.30. The average molecular weight is 208 g/mol. The quantitative estimate of drug-likeness (QED) is 0.458. The van der Waals surface area contributed by atoms with Crippen molar-refractivity contribution in [2.24, 2.45) is 7.05 Å². The van der Waals surface area contributed by atoms with E-state index in [1.165, 1.54) is 0 Å². The summed E-state index contributed by atoms with van der Waals surface area (Å²) in [5.41, 5.74) is 0. The molecule has 15 heavy (non-hydrogen) atoms. The highest BCUT2D eigenvalue weighted by molar-refractivity contribution is 5.54. The number of anilines is 1. The standard InChI is InChI=1S/C9H12N4O2/c1-4-5-6-10-8-9(13(14)15)11-7(2)12(8)3/h10H,6H2,1-3H3. The number of nitrogens with zero attached hydrogens (tertiary/aromatic N) is 3. The third-order valence-corrected chi connectivity index (χ3v) is 1.99. The van der Waals surface area contributed by atoms with Gasteiger partial charge in [0.1, 0.15) is 0 Å². The molecule has 1 aromatic rings. The lowest BCUT2D eigenvalue weighted by Gasteiger charge is -2.02. The van der Waals surface area contributed by atoms with Gasteiger partial charge >= 0.3 is 5.82 Å². The smallest absolute Gasteiger partial charge is 0.358 e. The van der Waals surface area contributed by atoms with Gasteiger partial charge in [-0.3, -0.25) is 4.57 Å². The summed E-state index contributed by atoms with van der Waals surface area (Å²) in [7, 11) is 1.72. The molecule has 0 amide bonds. The van der Waals surface area contributed by atoms with E-state index in [4.69, 9.17) is 0 Å². The Morgan fingerprint density at radius 3 is 2.87 bits per heavy atom. The molecule has 80 valence electrons. The maximum absolute atomic E-state index is 10.7. The van der Waals surface area contributed by atoms with Crippen LogP contribution in [0.25, 0.3) is 0 Å². The van der Waals surface area contributed by atoms with Crippen LogP contribution in [-0.4, -0.2) is 21.0 Å². The van der Waals surface area contributed by atoms with Gasteiger partial charge in [-0.1, -0.05) is 5.92 Å². The van der Waals surface area contributed by atoms with Crippen LogP contribution in [0.1, 0.15) is 12.7 Å². The van der Waals surface area contributed by atoms with Crippen LogP contribution in [0.15, 0.2) is 0 Å². The first-order chi connectivity index (χ1) is 7.07. The van der Waals surface area contributed by atoms with Crippen molar-refractivity contribution in [3.8, 4) is 11.8 Å². The summed E-state index contributed by atoms with van der Waals surface area (Å²) in [6, 6.07) is 0. The molecule has 0 fully saturated rings. The molecule has 6 nitrogen and oxygen atoms in total. The lowest BCUT2D eigenvalue weighted by molar-refractivity contribution is -0.388. The molecule has 0 aromatic carbocycles. The van der Waals surface area contributed by atoms with E-state index in [9.17, 15) is 10.1 Å². The molecule has 0 saturated heterocycles. The Morgan fingerprint density at radius 1 is 1.67 bits per heavy atom. The molecule has 6 heteroatoms. The Hall–Kier alpha value is -2.03. The first-order valence-corrected chi connectivity index (χ1v) is 4.39. The van der Waals surface area contributed by atoms with Crippen molar-refractivity contribution in [2.75, 3.05) is 11.9 Å². The highest BCUT2D eigenvalue weighted by Crippen LogP contribution is 2.23. The summed E-state index contributed by atoms with van der Waals surface area (Å²) in [6.45, 7) is 3.80. The molecule has 1 rings (SSSR count). The topological polar surface area (TPSA) is 73.0 Å². The van der Waals surface area contributed by atoms with Gasteiger partial charge in [0.2, 0.25) is 11.6 Å². The Balaban J connectivity index is 3.01. The van der Waals surface area contributed by atoms with Gasteiger partial charge in [0.05, 0.1) is 6.54 Å². The number of nitro groups is 1. The van der Waals surface area contributed by atoms with Crippen LogP contribution in [0.2, 0.25) is 0 Å². The van der Waals surface area contributed by atoms with E-state index >= 15 is 0 Å². The largest absolute Gasteiger partial charge is 0.406 e. The van der Waals surface area contributed by atoms with E-state index in [-0.39, 0.29) is 5.82 Å². The van der Waals surface area contributed by atoms with Gasteiger partial charge in [0.15, 0.2) is 0 Å². The second-order valence-corrected chi connectivity index (χ2v) is 2.93. The number of aryl methyl sites for hydroxylation is 1. The molecule has 0 spiro atoms. The fraction of sp³-hybridized carbons (Fsp3) is 0.444. The number of hydrogen-bond donors (Lipinski definition) is 1. The Kier molecular flexibility index (Phi) is 3.29. The Labute approximate surface area is 87.5 Å². The summed E-state index contributed by atoms with van der Waals surface area (Å²) < 4.78 is 1.63. The van der Waals surface area contributed by atoms with E-state index in [0.717, 1.165) is 0 Å². The third-order valence-electron chi connectivity index (χ3n) is 1.99. The van der Waals surface area contributed by atoms with Gasteiger partial charge in [-0.15, -0.1) is 5.92 Å². The zero-order valence-electron chi connectivity index (χ0n) is 8.87. The Morgan fingerprint density at radius 2 is 2.33 bits per heavy atom. The van der Waals surface area contributed by atoms with Gasteiger partial charge in [0, 0.05) is 14.0 Å². The minimum Gasteiger partial charge on any atom is -0.358 e. The first-order valence-electron chi connectivity index (χ1n) is 4.39. The van der Waals surface area contributed by atoms with Crippen molar-refractivity contribution in [2.45, 2.75) is 13.8 Å². The molecule has 0 aliphatic carbocycles. The van der Waals surface area contributed by atoms with E-state index in [0.29, 0.717) is 18.2 Å². The van der Waals surface area contributed by atoms with Crippen molar-refractivity contribution in [3.63, 3.8) is 0 Å². The van der Waals surface area contributed by atoms with E-state index in [1.807, 2.05) is 0 Å². The molecule has 0 unspecified atom stereocenters. The van der Waals surface area contributed by atoms with Gasteiger partial charge in [-0.25, -0.2) is 0 Å². The molecule has 0 radical (unpaired) electrons. The van der Waals surface area contributed by atoms with Crippen LogP contribution in [-0.2, 0) is 7.05 Å². The van der Waals surface area contributed by atoms with Crippen LogP contribution >= 0.6 is 0 Å². The fourth-order valence-electron chi connectivity index (χ4n) is 1.13. The monoisotopic (exact) mass is 208 g/mol. The number of nitrogens with one attached hydrogen (secondary N) is 1. The SMILES string of the molecule is CC#CCNc1c([N+](=O)[O-])nc(C)n1C. The van der Waals surface area contributed by atoms with Crippen molar-refractivity contribution in [3.05, 3.63) is 15.9 Å². The lowest BCUT2D eigenvalue weighted by Crippen LogP contribution is -2.06. The average Bonchev–Trinajstić information content (AvgIpc) is 2.46. The summed E-state index contributed by atoms with van der Waals surface area (Å²) >= 11 is 0. The van der Waals surface area contributed by atoms with Crippen molar-refractivity contribution in [1.29, 1.82) is 0 Å². The number of hydrogen-bond acceptors (Lipinski definition) is 4. The van der Waals surface area contributed by atoms with Crippen LogP contribution < -0.4 is 5.32 Å². The van der Waals surface area contributed by atoms with Crippen molar-refractivity contribution >= 4 is 11.6 Å². The molecule has 0 bridgehead atoms. The van der Waals surface area contributed by atoms with Crippen LogP contribution in [0, 0.1) is 28.9 Å². The van der Waals surface area contributed by atoms with Crippen molar-refractivity contribution < 1.29 is 4.92 Å². The molecular formula is C9H12N4O2. The fourth-order valence-corrected chi connectivity index (χ4v) is 1.13. The minimum atomic E-state index is -0.505. The minimum absolute atomic E-state index is 0.159. The Bertz CT molecular complexity index is 439. The first kappa shape index (κ1) is 11.0.